The molecule has 0 bridgehead atoms. The first kappa shape index (κ1) is 15.6. The van der Waals surface area contributed by atoms with E-state index in [4.69, 9.17) is 0 Å². The van der Waals surface area contributed by atoms with E-state index in [2.05, 4.69) is 9.71 Å². The fraction of sp³-hybridized carbons (Fsp3) is 0.200. The highest BCUT2D eigenvalue weighted by Gasteiger charge is 2.27. The normalized spacial score (nSPS) is 13.9. The first-order valence-electron chi connectivity index (χ1n) is 6.92. The van der Waals surface area contributed by atoms with Crippen molar-refractivity contribution in [1.29, 1.82) is 0 Å². The van der Waals surface area contributed by atoms with Gasteiger partial charge in [0.15, 0.2) is 0 Å². The third kappa shape index (κ3) is 2.82. The highest BCUT2D eigenvalue weighted by atomic mass is 32.2. The first-order valence-corrected chi connectivity index (χ1v) is 8.40. The minimum absolute atomic E-state index is 0.0932. The molecule has 8 heteroatoms. The van der Waals surface area contributed by atoms with Gasteiger partial charge in [-0.3, -0.25) is 4.79 Å². The molecular weight excluding hydrogens is 321 g/mol. The maximum atomic E-state index is 12.9. The molecule has 1 aliphatic rings. The van der Waals surface area contributed by atoms with Gasteiger partial charge in [0.2, 0.25) is 16.0 Å². The van der Waals surface area contributed by atoms with Gasteiger partial charge in [0.05, 0.1) is 10.5 Å². The number of pyridine rings is 1. The molecule has 0 saturated heterocycles. The third-order valence-electron chi connectivity index (χ3n) is 3.75. The molecule has 0 unspecified atom stereocenters. The smallest absolute Gasteiger partial charge is 0.259 e. The topological polar surface area (TPSA) is 79.4 Å². The Morgan fingerprint density at radius 2 is 2.09 bits per heavy atom. The number of carbonyl (C=O) groups is 1. The van der Waals surface area contributed by atoms with Crippen LogP contribution < -0.4 is 9.62 Å². The molecule has 120 valence electrons. The van der Waals surface area contributed by atoms with Gasteiger partial charge in [0.1, 0.15) is 0 Å². The van der Waals surface area contributed by atoms with Crippen molar-refractivity contribution in [3.05, 3.63) is 53.6 Å². The van der Waals surface area contributed by atoms with E-state index in [9.17, 15) is 17.6 Å². The molecule has 0 saturated carbocycles. The minimum atomic E-state index is -3.59. The molecule has 0 fully saturated rings. The van der Waals surface area contributed by atoms with Crippen molar-refractivity contribution >= 4 is 21.6 Å². The Labute approximate surface area is 133 Å². The van der Waals surface area contributed by atoms with Crippen molar-refractivity contribution in [1.82, 2.24) is 9.71 Å². The largest absolute Gasteiger partial charge is 0.308 e. The zero-order valence-electron chi connectivity index (χ0n) is 12.3. The number of nitrogens with zero attached hydrogens (tertiary/aromatic N) is 2. The highest BCUT2D eigenvalue weighted by Crippen LogP contribution is 2.31. The third-order valence-corrected chi connectivity index (χ3v) is 5.16. The lowest BCUT2D eigenvalue weighted by molar-refractivity contribution is 0.0989. The Morgan fingerprint density at radius 3 is 2.74 bits per heavy atom. The number of sulfonamides is 1. The summed E-state index contributed by atoms with van der Waals surface area (Å²) in [5, 5.41) is 0. The standard InChI is InChI=1S/C15H14FN3O3S/c1-17-23(21,22)12-4-2-10-6-7-19(13(10)8-12)15(20)11-3-5-14(16)18-9-11/h2-5,8-9,17H,6-7H2,1H3. The fourth-order valence-corrected chi connectivity index (χ4v) is 3.26. The predicted molar refractivity (Wildman–Crippen MR) is 82.3 cm³/mol. The number of fused-ring (bicyclic) bond motifs is 1. The monoisotopic (exact) mass is 335 g/mol. The van der Waals surface area contributed by atoms with E-state index in [0.29, 0.717) is 18.7 Å². The van der Waals surface area contributed by atoms with Crippen molar-refractivity contribution in [2.75, 3.05) is 18.5 Å². The number of anilines is 1. The van der Waals surface area contributed by atoms with Crippen LogP contribution in [0.3, 0.4) is 0 Å². The van der Waals surface area contributed by atoms with Crippen LogP contribution in [0.2, 0.25) is 0 Å². The summed E-state index contributed by atoms with van der Waals surface area (Å²) >= 11 is 0. The lowest BCUT2D eigenvalue weighted by Gasteiger charge is -2.18. The minimum Gasteiger partial charge on any atom is -0.308 e. The van der Waals surface area contributed by atoms with Crippen LogP contribution in [-0.2, 0) is 16.4 Å². The second-order valence-electron chi connectivity index (χ2n) is 5.07. The molecule has 0 aliphatic carbocycles. The summed E-state index contributed by atoms with van der Waals surface area (Å²) in [7, 11) is -2.26. The molecule has 2 heterocycles. The highest BCUT2D eigenvalue weighted by molar-refractivity contribution is 7.89. The van der Waals surface area contributed by atoms with Crippen LogP contribution >= 0.6 is 0 Å². The summed E-state index contributed by atoms with van der Waals surface area (Å²) in [5.74, 6) is -0.999. The molecule has 0 radical (unpaired) electrons. The van der Waals surface area contributed by atoms with Crippen LogP contribution in [0.1, 0.15) is 15.9 Å². The molecule has 1 aromatic carbocycles. The number of hydrogen-bond donors (Lipinski definition) is 1. The van der Waals surface area contributed by atoms with Gasteiger partial charge in [-0.15, -0.1) is 0 Å². The van der Waals surface area contributed by atoms with Gasteiger partial charge < -0.3 is 4.90 Å². The zero-order chi connectivity index (χ0) is 16.6. The Kier molecular flexibility index (Phi) is 3.87. The quantitative estimate of drug-likeness (QED) is 0.858. The molecule has 1 N–H and O–H groups in total. The van der Waals surface area contributed by atoms with E-state index in [0.717, 1.165) is 11.6 Å². The van der Waals surface area contributed by atoms with Crippen molar-refractivity contribution in [3.8, 4) is 0 Å². The number of hydrogen-bond acceptors (Lipinski definition) is 4. The number of carbonyl (C=O) groups excluding carboxylic acids is 1. The summed E-state index contributed by atoms with van der Waals surface area (Å²) in [6.07, 6.45) is 1.80. The van der Waals surface area contributed by atoms with Crippen LogP contribution in [0, 0.1) is 5.95 Å². The van der Waals surface area contributed by atoms with E-state index in [1.807, 2.05) is 0 Å². The van der Waals surface area contributed by atoms with Gasteiger partial charge in [0.25, 0.3) is 5.91 Å². The maximum absolute atomic E-state index is 12.9. The molecule has 2 aromatic rings. The molecule has 0 atom stereocenters. The zero-order valence-corrected chi connectivity index (χ0v) is 13.1. The Morgan fingerprint density at radius 1 is 1.30 bits per heavy atom. The Balaban J connectivity index is 1.99. The lowest BCUT2D eigenvalue weighted by atomic mass is 10.2. The van der Waals surface area contributed by atoms with E-state index in [1.165, 1.54) is 36.3 Å². The summed E-state index contributed by atoms with van der Waals surface area (Å²) in [4.78, 5) is 17.6. The number of benzene rings is 1. The average Bonchev–Trinajstić information content (AvgIpc) is 2.98. The molecule has 3 rings (SSSR count). The number of amides is 1. The SMILES string of the molecule is CNS(=O)(=O)c1ccc2c(c1)N(C(=O)c1ccc(F)nc1)CC2. The van der Waals surface area contributed by atoms with Crippen LogP contribution in [0.15, 0.2) is 41.4 Å². The summed E-state index contributed by atoms with van der Waals surface area (Å²) < 4.78 is 39.0. The second-order valence-corrected chi connectivity index (χ2v) is 6.96. The van der Waals surface area contributed by atoms with Crippen molar-refractivity contribution in [3.63, 3.8) is 0 Å². The van der Waals surface area contributed by atoms with Gasteiger partial charge in [-0.2, -0.15) is 4.39 Å². The Bertz CT molecular complexity index is 866. The number of aromatic nitrogens is 1. The van der Waals surface area contributed by atoms with E-state index in [1.54, 1.807) is 6.07 Å². The van der Waals surface area contributed by atoms with E-state index in [-0.39, 0.29) is 16.4 Å². The maximum Gasteiger partial charge on any atom is 0.259 e. The predicted octanol–water partition coefficient (Wildman–Crippen LogP) is 1.33. The van der Waals surface area contributed by atoms with Crippen LogP contribution in [0.4, 0.5) is 10.1 Å². The molecule has 1 aromatic heterocycles. The lowest BCUT2D eigenvalue weighted by Crippen LogP contribution is -2.29. The molecule has 1 amide bonds. The second kappa shape index (κ2) is 5.71. The summed E-state index contributed by atoms with van der Waals surface area (Å²) in [6.45, 7) is 0.439. The van der Waals surface area contributed by atoms with Gasteiger partial charge >= 0.3 is 0 Å². The number of halogens is 1. The molecule has 6 nitrogen and oxygen atoms in total. The summed E-state index contributed by atoms with van der Waals surface area (Å²) in [5.41, 5.74) is 1.69. The van der Waals surface area contributed by atoms with Gasteiger partial charge in [-0.25, -0.2) is 18.1 Å². The van der Waals surface area contributed by atoms with E-state index < -0.39 is 16.0 Å². The summed E-state index contributed by atoms with van der Waals surface area (Å²) in [6, 6.07) is 7.17. The molecular formula is C15H14FN3O3S. The van der Waals surface area contributed by atoms with Crippen LogP contribution in [0.25, 0.3) is 0 Å². The van der Waals surface area contributed by atoms with Crippen molar-refractivity contribution in [2.45, 2.75) is 11.3 Å². The van der Waals surface area contributed by atoms with Crippen molar-refractivity contribution < 1.29 is 17.6 Å². The van der Waals surface area contributed by atoms with Gasteiger partial charge in [-0.05, 0) is 43.3 Å². The fourth-order valence-electron chi connectivity index (χ4n) is 2.51. The molecule has 1 aliphatic heterocycles. The number of rotatable bonds is 3. The van der Waals surface area contributed by atoms with Gasteiger partial charge in [0, 0.05) is 18.4 Å². The van der Waals surface area contributed by atoms with Crippen LogP contribution in [0.5, 0.6) is 0 Å². The van der Waals surface area contributed by atoms with Crippen molar-refractivity contribution in [2.24, 2.45) is 0 Å². The van der Waals surface area contributed by atoms with Gasteiger partial charge in [-0.1, -0.05) is 6.07 Å². The van der Waals surface area contributed by atoms with Crippen LogP contribution in [-0.4, -0.2) is 32.9 Å². The number of nitrogens with one attached hydrogen (secondary N) is 1. The molecule has 0 spiro atoms. The van der Waals surface area contributed by atoms with E-state index >= 15 is 0 Å². The molecule has 23 heavy (non-hydrogen) atoms. The Hall–Kier alpha value is -2.32. The average molecular weight is 335 g/mol. The first-order chi connectivity index (χ1) is 10.9.